The Kier molecular flexibility index (Phi) is 36.8. The first kappa shape index (κ1) is 65.2. The minimum atomic E-state index is -3.81. The number of para-hydroxylation sites is 1. The van der Waals surface area contributed by atoms with E-state index in [9.17, 15) is 30.0 Å². The normalized spacial score (nSPS) is 10.7. The van der Waals surface area contributed by atoms with Gasteiger partial charge in [-0.2, -0.15) is 16.8 Å². The number of aromatic hydroxyl groups is 2. The van der Waals surface area contributed by atoms with E-state index in [0.29, 0.717) is 32.7 Å². The first-order valence-electron chi connectivity index (χ1n) is 18.3. The molecule has 0 saturated heterocycles. The summed E-state index contributed by atoms with van der Waals surface area (Å²) in [5.74, 6) is -0.637. The van der Waals surface area contributed by atoms with Crippen molar-refractivity contribution >= 4 is 46.3 Å². The number of halogens is 1. The van der Waals surface area contributed by atoms with Crippen LogP contribution in [0.2, 0.25) is 0 Å². The molecule has 0 bridgehead atoms. The second kappa shape index (κ2) is 36.1. The molecule has 0 heterocycles. The Bertz CT molecular complexity index is 2070. The standard InChI is InChI=1S/C20H26O8S2.C7H7ClO2S.C7H6O3.C6H14O4.2CH4.Na.H/c1-17-3-7-19(8-4-17)29(21,22)27-15-13-25-11-12-26-14-16-28-30(23,24)20-9-5-18(2)6-10-20;1-6-2-4-7(5-3-6)11(8,9)10;8-4-5-2-1-3-6(9)7(5)10;7-1-3-9-5-6-10-4-2-8;;;;/h3-10H,11-16H2,1-2H3;2-5H,1H3;1-4,9-10H;7-8H,1-6H2;2*1H4;;/q;;;;;;+1;-1. The number of hydrogen-bond donors (Lipinski definition) is 4. The third-order valence-corrected chi connectivity index (χ3v) is 11.3. The molecule has 0 aliphatic rings. The summed E-state index contributed by atoms with van der Waals surface area (Å²) in [6, 6.07) is 23.3. The van der Waals surface area contributed by atoms with Crippen molar-refractivity contribution in [2.75, 3.05) is 79.3 Å². The molecule has 0 aliphatic carbocycles. The molecule has 4 aromatic carbocycles. The van der Waals surface area contributed by atoms with Crippen LogP contribution in [0.1, 0.15) is 43.3 Å². The van der Waals surface area contributed by atoms with Crippen molar-refractivity contribution in [3.8, 4) is 11.5 Å². The number of benzene rings is 4. The Morgan fingerprint density at radius 2 is 0.828 bits per heavy atom. The number of hydrogen-bond acceptors (Lipinski definition) is 17. The largest absolute Gasteiger partial charge is 1.00 e. The molecule has 0 spiro atoms. The second-order valence-electron chi connectivity index (χ2n) is 12.2. The number of phenols is 2. The number of aldehydes is 1. The van der Waals surface area contributed by atoms with Gasteiger partial charge in [0.1, 0.15) is 0 Å². The maximum absolute atomic E-state index is 12.0. The number of aryl methyl sites for hydroxylation is 3. The van der Waals surface area contributed by atoms with E-state index in [1.54, 1.807) is 36.4 Å². The fourth-order valence-electron chi connectivity index (χ4n) is 4.07. The Morgan fingerprint density at radius 3 is 1.12 bits per heavy atom. The van der Waals surface area contributed by atoms with Gasteiger partial charge in [-0.1, -0.05) is 74.0 Å². The molecule has 0 atom stereocenters. The van der Waals surface area contributed by atoms with Gasteiger partial charge in [-0.05, 0) is 69.3 Å². The van der Waals surface area contributed by atoms with E-state index in [1.165, 1.54) is 54.6 Å². The first-order chi connectivity index (χ1) is 28.9. The number of aliphatic hydroxyl groups is 2. The van der Waals surface area contributed by atoms with E-state index in [0.717, 1.165) is 16.7 Å². The molecule has 4 rings (SSSR count). The molecule has 0 saturated carbocycles. The summed E-state index contributed by atoms with van der Waals surface area (Å²) in [5.41, 5.74) is 3.01. The molecule has 4 N–H and O–H groups in total. The van der Waals surface area contributed by atoms with Crippen molar-refractivity contribution in [3.05, 3.63) is 113 Å². The second-order valence-corrected chi connectivity index (χ2v) is 18.0. The van der Waals surface area contributed by atoms with Crippen LogP contribution in [0.3, 0.4) is 0 Å². The summed E-state index contributed by atoms with van der Waals surface area (Å²) < 4.78 is 99.4. The average molecular weight is 994 g/mol. The minimum Gasteiger partial charge on any atom is -1.00 e. The molecule has 0 aliphatic heterocycles. The predicted octanol–water partition coefficient (Wildman–Crippen LogP) is 2.67. The fourth-order valence-corrected chi connectivity index (χ4v) is 6.62. The minimum absolute atomic E-state index is 0. The summed E-state index contributed by atoms with van der Waals surface area (Å²) in [7, 11) is -6.08. The van der Waals surface area contributed by atoms with Crippen LogP contribution >= 0.6 is 10.7 Å². The van der Waals surface area contributed by atoms with Crippen molar-refractivity contribution < 1.29 is 109 Å². The van der Waals surface area contributed by atoms with Gasteiger partial charge in [0.15, 0.2) is 17.8 Å². The number of rotatable bonds is 22. The zero-order valence-electron chi connectivity index (χ0n) is 35.9. The molecule has 0 aromatic heterocycles. The van der Waals surface area contributed by atoms with Crippen LogP contribution in [-0.2, 0) is 56.6 Å². The molecule has 0 fully saturated rings. The van der Waals surface area contributed by atoms with Crippen LogP contribution < -0.4 is 29.6 Å². The molecular formula is C42H62ClNaO17S3. The van der Waals surface area contributed by atoms with Crippen molar-refractivity contribution in [1.82, 2.24) is 0 Å². The molecule has 4 aromatic rings. The molecule has 0 radical (unpaired) electrons. The number of aliphatic hydroxyl groups excluding tert-OH is 2. The summed E-state index contributed by atoms with van der Waals surface area (Å²) in [6.07, 6.45) is 0.481. The summed E-state index contributed by atoms with van der Waals surface area (Å²) in [6.45, 7) is 7.67. The third-order valence-electron chi connectivity index (χ3n) is 7.24. The number of carbonyl (C=O) groups excluding carboxylic acids is 1. The monoisotopic (exact) mass is 992 g/mol. The Labute approximate surface area is 406 Å². The van der Waals surface area contributed by atoms with Crippen LogP contribution in [-0.4, -0.2) is 131 Å². The third kappa shape index (κ3) is 28.8. The Morgan fingerprint density at radius 1 is 0.516 bits per heavy atom. The Hall–Kier alpha value is -3.03. The Balaban J connectivity index is -0.000000438. The first-order valence-corrected chi connectivity index (χ1v) is 23.4. The van der Waals surface area contributed by atoms with Gasteiger partial charge in [0, 0.05) is 10.7 Å². The maximum atomic E-state index is 12.0. The van der Waals surface area contributed by atoms with Gasteiger partial charge in [-0.25, -0.2) is 8.42 Å². The number of carbonyl (C=O) groups is 1. The predicted molar refractivity (Wildman–Crippen MR) is 240 cm³/mol. The van der Waals surface area contributed by atoms with Gasteiger partial charge in [-0.3, -0.25) is 13.2 Å². The van der Waals surface area contributed by atoms with E-state index in [2.05, 4.69) is 0 Å². The summed E-state index contributed by atoms with van der Waals surface area (Å²) in [4.78, 5) is 10.4. The van der Waals surface area contributed by atoms with Crippen molar-refractivity contribution in [2.24, 2.45) is 0 Å². The van der Waals surface area contributed by atoms with E-state index < -0.39 is 29.3 Å². The van der Waals surface area contributed by atoms with Crippen molar-refractivity contribution in [3.63, 3.8) is 0 Å². The smallest absolute Gasteiger partial charge is 1.00 e. The van der Waals surface area contributed by atoms with Gasteiger partial charge in [0.2, 0.25) is 0 Å². The topological polar surface area (TPSA) is 256 Å². The zero-order chi connectivity index (χ0) is 45.7. The van der Waals surface area contributed by atoms with Gasteiger partial charge in [0.25, 0.3) is 29.3 Å². The SMILES string of the molecule is C.C.Cc1ccc(S(=O)(=O)Cl)cc1.Cc1ccc(S(=O)(=O)OCCOCCOCCOS(=O)(=O)c2ccc(C)cc2)cc1.O=Cc1cccc(O)c1O.OCCOCCOCCO.[H-].[Na+]. The zero-order valence-corrected chi connectivity index (χ0v) is 40.1. The van der Waals surface area contributed by atoms with E-state index >= 15 is 0 Å². The van der Waals surface area contributed by atoms with E-state index in [1.807, 2.05) is 20.8 Å². The van der Waals surface area contributed by atoms with Crippen molar-refractivity contribution in [1.29, 1.82) is 0 Å². The molecule has 0 amide bonds. The molecular weight excluding hydrogens is 931 g/mol. The quantitative estimate of drug-likeness (QED) is 0.0220. The van der Waals surface area contributed by atoms with E-state index in [-0.39, 0.29) is 130 Å². The van der Waals surface area contributed by atoms with E-state index in [4.69, 9.17) is 58.4 Å². The van der Waals surface area contributed by atoms with Crippen LogP contribution in [0.15, 0.2) is 106 Å². The molecule has 358 valence electrons. The maximum Gasteiger partial charge on any atom is 1.00 e. The van der Waals surface area contributed by atoms with Gasteiger partial charge >= 0.3 is 29.6 Å². The van der Waals surface area contributed by atoms with Crippen LogP contribution in [0, 0.1) is 20.8 Å². The number of phenolic OH excluding ortho intramolecular Hbond substituents is 2. The summed E-state index contributed by atoms with van der Waals surface area (Å²) in [5, 5.41) is 34.3. The molecule has 17 nitrogen and oxygen atoms in total. The van der Waals surface area contributed by atoms with Crippen LogP contribution in [0.25, 0.3) is 0 Å². The van der Waals surface area contributed by atoms with Crippen molar-refractivity contribution in [2.45, 2.75) is 50.3 Å². The van der Waals surface area contributed by atoms with Crippen LogP contribution in [0.5, 0.6) is 11.5 Å². The van der Waals surface area contributed by atoms with Gasteiger partial charge in [0.05, 0.1) is 99.5 Å². The molecule has 0 unspecified atom stereocenters. The van der Waals surface area contributed by atoms with Crippen LogP contribution in [0.4, 0.5) is 0 Å². The van der Waals surface area contributed by atoms with Gasteiger partial charge in [-0.15, -0.1) is 0 Å². The number of ether oxygens (including phenoxy) is 4. The fraction of sp³-hybridized carbons (Fsp3) is 0.405. The summed E-state index contributed by atoms with van der Waals surface area (Å²) >= 11 is 0. The average Bonchev–Trinajstić information content (AvgIpc) is 3.22. The van der Waals surface area contributed by atoms with Gasteiger partial charge < -0.3 is 40.8 Å². The molecule has 64 heavy (non-hydrogen) atoms. The molecule has 22 heteroatoms.